The van der Waals surface area contributed by atoms with Crippen LogP contribution < -0.4 is 56.5 Å². The first kappa shape index (κ1) is 13.6. The van der Waals surface area contributed by atoms with Crippen LogP contribution in [0.4, 0.5) is 4.79 Å². The Morgan fingerprint density at radius 3 is 1.73 bits per heavy atom. The van der Waals surface area contributed by atoms with Gasteiger partial charge in [-0.3, -0.25) is 4.98 Å². The standard InChI is InChI=1S/C5H5N.CH2O3.K/c1-2-4-6-5-3-1;2-1(3)4;/h1-5H;(H2,2,3,4);/q;;+1/p-1. The molecular formula is C6H6KNO3. The van der Waals surface area contributed by atoms with E-state index in [1.807, 2.05) is 18.2 Å². The number of carbonyl (C=O) groups is 1. The normalized spacial score (nSPS) is 6.55. The monoisotopic (exact) mass is 179 g/mol. The third-order valence-corrected chi connectivity index (χ3v) is 0.566. The molecule has 0 radical (unpaired) electrons. The van der Waals surface area contributed by atoms with Gasteiger partial charge in [0.25, 0.3) is 0 Å². The minimum atomic E-state index is -2.08. The smallest absolute Gasteiger partial charge is 0.565 e. The summed E-state index contributed by atoms with van der Waals surface area (Å²) >= 11 is 0. The molecule has 5 heteroatoms. The summed E-state index contributed by atoms with van der Waals surface area (Å²) in [6, 6.07) is 5.72. The van der Waals surface area contributed by atoms with Crippen molar-refractivity contribution in [1.82, 2.24) is 4.98 Å². The summed E-state index contributed by atoms with van der Waals surface area (Å²) in [5.74, 6) is 0. The fourth-order valence-corrected chi connectivity index (χ4v) is 0.313. The molecule has 0 saturated carbocycles. The van der Waals surface area contributed by atoms with E-state index in [9.17, 15) is 0 Å². The molecule has 1 N–H and O–H groups in total. The molecule has 54 valence electrons. The molecule has 0 aliphatic heterocycles. The molecule has 0 amide bonds. The number of rotatable bonds is 0. The van der Waals surface area contributed by atoms with Crippen molar-refractivity contribution in [2.24, 2.45) is 0 Å². The number of nitrogens with zero attached hydrogens (tertiary/aromatic N) is 1. The van der Waals surface area contributed by atoms with Crippen molar-refractivity contribution in [3.05, 3.63) is 30.6 Å². The molecule has 1 rings (SSSR count). The van der Waals surface area contributed by atoms with Crippen molar-refractivity contribution >= 4 is 6.16 Å². The summed E-state index contributed by atoms with van der Waals surface area (Å²) in [5.41, 5.74) is 0. The fourth-order valence-electron chi connectivity index (χ4n) is 0.313. The Bertz CT molecular complexity index is 150. The second-order valence-corrected chi connectivity index (χ2v) is 1.29. The van der Waals surface area contributed by atoms with Gasteiger partial charge in [0.1, 0.15) is 0 Å². The maximum atomic E-state index is 8.44. The Kier molecular flexibility index (Phi) is 12.5. The first-order valence-electron chi connectivity index (χ1n) is 2.48. The second kappa shape index (κ2) is 10.1. The van der Waals surface area contributed by atoms with Gasteiger partial charge in [0.2, 0.25) is 6.16 Å². The zero-order valence-corrected chi connectivity index (χ0v) is 9.22. The van der Waals surface area contributed by atoms with Crippen molar-refractivity contribution in [2.75, 3.05) is 0 Å². The van der Waals surface area contributed by atoms with Crippen LogP contribution in [0.25, 0.3) is 0 Å². The van der Waals surface area contributed by atoms with Gasteiger partial charge < -0.3 is 15.0 Å². The molecule has 4 nitrogen and oxygen atoms in total. The van der Waals surface area contributed by atoms with Gasteiger partial charge in [0.05, 0.1) is 0 Å². The van der Waals surface area contributed by atoms with Gasteiger partial charge in [0, 0.05) is 12.4 Å². The summed E-state index contributed by atoms with van der Waals surface area (Å²) in [5, 5.41) is 15.3. The van der Waals surface area contributed by atoms with Gasteiger partial charge in [-0.15, -0.1) is 0 Å². The zero-order chi connectivity index (χ0) is 7.82. The Morgan fingerprint density at radius 2 is 1.64 bits per heavy atom. The van der Waals surface area contributed by atoms with E-state index < -0.39 is 6.16 Å². The van der Waals surface area contributed by atoms with E-state index in [0.717, 1.165) is 0 Å². The SMILES string of the molecule is O=C([O-])O.[K+].c1ccncc1. The Hall–Kier alpha value is 0.0564. The van der Waals surface area contributed by atoms with E-state index in [1.54, 1.807) is 12.4 Å². The number of hydrogen-bond donors (Lipinski definition) is 1. The number of aromatic nitrogens is 1. The van der Waals surface area contributed by atoms with Crippen LogP contribution >= 0.6 is 0 Å². The van der Waals surface area contributed by atoms with Gasteiger partial charge >= 0.3 is 51.4 Å². The van der Waals surface area contributed by atoms with Crippen LogP contribution in [0.2, 0.25) is 0 Å². The molecule has 0 fully saturated rings. The van der Waals surface area contributed by atoms with Crippen LogP contribution in [0.5, 0.6) is 0 Å². The Morgan fingerprint density at radius 1 is 1.27 bits per heavy atom. The molecule has 0 bridgehead atoms. The zero-order valence-electron chi connectivity index (χ0n) is 6.10. The Labute approximate surface area is 107 Å². The summed E-state index contributed by atoms with van der Waals surface area (Å²) in [4.78, 5) is 12.2. The van der Waals surface area contributed by atoms with Crippen LogP contribution in [0.3, 0.4) is 0 Å². The molecule has 1 heterocycles. The van der Waals surface area contributed by atoms with E-state index in [-0.39, 0.29) is 51.4 Å². The predicted octanol–water partition coefficient (Wildman–Crippen LogP) is -3.03. The maximum Gasteiger partial charge on any atom is 1.00 e. The maximum absolute atomic E-state index is 8.44. The third kappa shape index (κ3) is 17.8. The van der Waals surface area contributed by atoms with E-state index in [0.29, 0.717) is 0 Å². The summed E-state index contributed by atoms with van der Waals surface area (Å²) < 4.78 is 0. The molecule has 0 aromatic carbocycles. The first-order chi connectivity index (χ1) is 4.73. The molecule has 0 saturated heterocycles. The van der Waals surface area contributed by atoms with Crippen LogP contribution in [0, 0.1) is 0 Å². The molecule has 11 heavy (non-hydrogen) atoms. The van der Waals surface area contributed by atoms with Gasteiger partial charge in [-0.05, 0) is 12.1 Å². The van der Waals surface area contributed by atoms with Crippen LogP contribution in [-0.4, -0.2) is 16.2 Å². The van der Waals surface area contributed by atoms with Crippen LogP contribution in [0.15, 0.2) is 30.6 Å². The van der Waals surface area contributed by atoms with E-state index >= 15 is 0 Å². The molecule has 1 aromatic heterocycles. The molecule has 0 unspecified atom stereocenters. The van der Waals surface area contributed by atoms with Crippen molar-refractivity contribution in [3.8, 4) is 0 Å². The molecule has 0 spiro atoms. The quantitative estimate of drug-likeness (QED) is 0.430. The minimum Gasteiger partial charge on any atom is -0.565 e. The predicted molar refractivity (Wildman–Crippen MR) is 32.3 cm³/mol. The van der Waals surface area contributed by atoms with Gasteiger partial charge in [-0.1, -0.05) is 6.07 Å². The second-order valence-electron chi connectivity index (χ2n) is 1.29. The number of hydrogen-bond acceptors (Lipinski definition) is 3. The molecular weight excluding hydrogens is 173 g/mol. The van der Waals surface area contributed by atoms with Gasteiger partial charge in [0.15, 0.2) is 0 Å². The van der Waals surface area contributed by atoms with Crippen molar-refractivity contribution < 1.29 is 66.4 Å². The molecule has 0 aliphatic carbocycles. The van der Waals surface area contributed by atoms with E-state index in [4.69, 9.17) is 15.0 Å². The van der Waals surface area contributed by atoms with Crippen LogP contribution in [-0.2, 0) is 0 Å². The number of carboxylic acid groups (broad SMARTS) is 2. The molecule has 0 aliphatic rings. The largest absolute Gasteiger partial charge is 1.00 e. The first-order valence-corrected chi connectivity index (χ1v) is 2.48. The van der Waals surface area contributed by atoms with E-state index in [2.05, 4.69) is 4.98 Å². The molecule has 1 aromatic rings. The minimum absolute atomic E-state index is 0. The van der Waals surface area contributed by atoms with Gasteiger partial charge in [-0.2, -0.15) is 0 Å². The van der Waals surface area contributed by atoms with Crippen LogP contribution in [0.1, 0.15) is 0 Å². The fraction of sp³-hybridized carbons (Fsp3) is 0. The summed E-state index contributed by atoms with van der Waals surface area (Å²) in [6.45, 7) is 0. The third-order valence-electron chi connectivity index (χ3n) is 0.566. The summed E-state index contributed by atoms with van der Waals surface area (Å²) in [6.07, 6.45) is 1.42. The average molecular weight is 179 g/mol. The van der Waals surface area contributed by atoms with Crippen molar-refractivity contribution in [1.29, 1.82) is 0 Å². The van der Waals surface area contributed by atoms with E-state index in [1.165, 1.54) is 0 Å². The topological polar surface area (TPSA) is 73.2 Å². The van der Waals surface area contributed by atoms with Crippen molar-refractivity contribution in [3.63, 3.8) is 0 Å². The molecule has 0 atom stereocenters. The Balaban J connectivity index is 0. The average Bonchev–Trinajstić information content (AvgIpc) is 1.90. The van der Waals surface area contributed by atoms with Crippen molar-refractivity contribution in [2.45, 2.75) is 0 Å². The summed E-state index contributed by atoms with van der Waals surface area (Å²) in [7, 11) is 0. The van der Waals surface area contributed by atoms with Gasteiger partial charge in [-0.25, -0.2) is 0 Å². The number of pyridine rings is 1.